The maximum absolute atomic E-state index is 10.5. The highest BCUT2D eigenvalue weighted by Crippen LogP contribution is 2.17. The largest absolute Gasteiger partial charge is 0.478 e. The minimum atomic E-state index is 0.520. The fraction of sp³-hybridized carbons (Fsp3) is 0.455. The number of carbonyl (C=O) groups excluding carboxylic acids is 1. The van der Waals surface area contributed by atoms with Gasteiger partial charge in [0, 0.05) is 18.3 Å². The third-order valence-corrected chi connectivity index (χ3v) is 1.96. The van der Waals surface area contributed by atoms with Crippen LogP contribution < -0.4 is 4.74 Å². The molecule has 0 bridgehead atoms. The molecular weight excluding hydrogens is 192 g/mol. The van der Waals surface area contributed by atoms with Crippen LogP contribution in [0.15, 0.2) is 12.1 Å². The van der Waals surface area contributed by atoms with Crippen LogP contribution in [0, 0.1) is 6.92 Å². The van der Waals surface area contributed by atoms with Crippen LogP contribution in [0.3, 0.4) is 0 Å². The van der Waals surface area contributed by atoms with E-state index in [4.69, 9.17) is 4.74 Å². The lowest BCUT2D eigenvalue weighted by Gasteiger charge is -2.14. The molecule has 15 heavy (non-hydrogen) atoms. The van der Waals surface area contributed by atoms with Crippen molar-refractivity contribution in [2.75, 3.05) is 13.7 Å². The molecule has 0 saturated heterocycles. The van der Waals surface area contributed by atoms with Crippen LogP contribution in [0.4, 0.5) is 0 Å². The fourth-order valence-corrected chi connectivity index (χ4v) is 1.25. The highest BCUT2D eigenvalue weighted by molar-refractivity contribution is 5.47. The van der Waals surface area contributed by atoms with Crippen molar-refractivity contribution in [1.82, 2.24) is 9.88 Å². The molecule has 0 aliphatic carbocycles. The maximum Gasteiger partial charge on any atom is 0.218 e. The Kier molecular flexibility index (Phi) is 4.09. The van der Waals surface area contributed by atoms with Gasteiger partial charge in [0.15, 0.2) is 0 Å². The summed E-state index contributed by atoms with van der Waals surface area (Å²) in [5.41, 5.74) is 1.84. The van der Waals surface area contributed by atoms with Crippen LogP contribution in [0.5, 0.6) is 5.88 Å². The number of aromatic nitrogens is 1. The van der Waals surface area contributed by atoms with Gasteiger partial charge >= 0.3 is 0 Å². The van der Waals surface area contributed by atoms with Crippen molar-refractivity contribution >= 4 is 6.41 Å². The Bertz CT molecular complexity index is 339. The van der Waals surface area contributed by atoms with Gasteiger partial charge in [-0.15, -0.1) is 0 Å². The van der Waals surface area contributed by atoms with E-state index in [-0.39, 0.29) is 0 Å². The number of hydrogen-bond donors (Lipinski definition) is 0. The summed E-state index contributed by atoms with van der Waals surface area (Å²) in [5.74, 6) is 0.617. The topological polar surface area (TPSA) is 42.4 Å². The molecule has 0 saturated carbocycles. The Balaban J connectivity index is 2.89. The first kappa shape index (κ1) is 11.5. The standard InChI is InChI=1S/C11H16N2O2/c1-4-15-11-10(7-13(3)8-14)6-5-9(2)12-11/h5-6,8H,4,7H2,1-3H3. The monoisotopic (exact) mass is 208 g/mol. The number of ether oxygens (including phenoxy) is 1. The Hall–Kier alpha value is -1.58. The summed E-state index contributed by atoms with van der Waals surface area (Å²) in [6.07, 6.45) is 0.787. The van der Waals surface area contributed by atoms with Crippen LogP contribution in [0.1, 0.15) is 18.2 Å². The fourth-order valence-electron chi connectivity index (χ4n) is 1.25. The zero-order valence-corrected chi connectivity index (χ0v) is 9.36. The summed E-state index contributed by atoms with van der Waals surface area (Å²) < 4.78 is 5.41. The maximum atomic E-state index is 10.5. The molecular formula is C11H16N2O2. The molecule has 1 aromatic rings. The number of aryl methyl sites for hydroxylation is 1. The summed E-state index contributed by atoms with van der Waals surface area (Å²) in [4.78, 5) is 16.3. The van der Waals surface area contributed by atoms with Crippen LogP contribution in [0.25, 0.3) is 0 Å². The molecule has 1 amide bonds. The summed E-state index contributed by atoms with van der Waals surface area (Å²) in [6, 6.07) is 3.85. The van der Waals surface area contributed by atoms with Crippen molar-refractivity contribution in [3.8, 4) is 5.88 Å². The van der Waals surface area contributed by atoms with Crippen LogP contribution in [-0.2, 0) is 11.3 Å². The number of carbonyl (C=O) groups is 1. The second-order valence-corrected chi connectivity index (χ2v) is 3.37. The Labute approximate surface area is 89.9 Å². The van der Waals surface area contributed by atoms with Crippen LogP contribution >= 0.6 is 0 Å². The number of hydrogen-bond acceptors (Lipinski definition) is 3. The molecule has 0 aliphatic heterocycles. The molecule has 1 heterocycles. The van der Waals surface area contributed by atoms with Gasteiger partial charge in [0.05, 0.1) is 13.2 Å². The smallest absolute Gasteiger partial charge is 0.218 e. The molecule has 0 fully saturated rings. The predicted molar refractivity (Wildman–Crippen MR) is 57.7 cm³/mol. The lowest BCUT2D eigenvalue weighted by atomic mass is 10.2. The highest BCUT2D eigenvalue weighted by atomic mass is 16.5. The molecule has 82 valence electrons. The molecule has 4 heteroatoms. The SMILES string of the molecule is CCOc1nc(C)ccc1CN(C)C=O. The van der Waals surface area contributed by atoms with Gasteiger partial charge in [0.2, 0.25) is 12.3 Å². The van der Waals surface area contributed by atoms with E-state index in [1.54, 1.807) is 11.9 Å². The number of amides is 1. The van der Waals surface area contributed by atoms with Crippen LogP contribution in [-0.4, -0.2) is 29.9 Å². The summed E-state index contributed by atoms with van der Waals surface area (Å²) in [5, 5.41) is 0. The number of rotatable bonds is 5. The van der Waals surface area contributed by atoms with E-state index < -0.39 is 0 Å². The zero-order chi connectivity index (χ0) is 11.3. The van der Waals surface area contributed by atoms with E-state index in [2.05, 4.69) is 4.98 Å². The Morgan fingerprint density at radius 1 is 1.53 bits per heavy atom. The van der Waals surface area contributed by atoms with Gasteiger partial charge in [-0.1, -0.05) is 6.07 Å². The number of pyridine rings is 1. The van der Waals surface area contributed by atoms with Gasteiger partial charge in [-0.3, -0.25) is 4.79 Å². The van der Waals surface area contributed by atoms with Crippen molar-refractivity contribution in [3.63, 3.8) is 0 Å². The lowest BCUT2D eigenvalue weighted by Crippen LogP contribution is -2.16. The van der Waals surface area contributed by atoms with E-state index in [0.29, 0.717) is 19.0 Å². The first-order chi connectivity index (χ1) is 7.17. The van der Waals surface area contributed by atoms with Crippen molar-refractivity contribution in [1.29, 1.82) is 0 Å². The number of nitrogens with zero attached hydrogens (tertiary/aromatic N) is 2. The summed E-state index contributed by atoms with van der Waals surface area (Å²) in [7, 11) is 1.72. The van der Waals surface area contributed by atoms with E-state index >= 15 is 0 Å². The van der Waals surface area contributed by atoms with Gasteiger partial charge in [-0.2, -0.15) is 0 Å². The first-order valence-electron chi connectivity index (χ1n) is 4.92. The van der Waals surface area contributed by atoms with Gasteiger partial charge in [-0.25, -0.2) is 4.98 Å². The minimum Gasteiger partial charge on any atom is -0.478 e. The molecule has 0 aliphatic rings. The summed E-state index contributed by atoms with van der Waals surface area (Å²) >= 11 is 0. The van der Waals surface area contributed by atoms with Crippen molar-refractivity contribution in [2.24, 2.45) is 0 Å². The minimum absolute atomic E-state index is 0.520. The molecule has 0 spiro atoms. The Morgan fingerprint density at radius 3 is 2.87 bits per heavy atom. The predicted octanol–water partition coefficient (Wildman–Crippen LogP) is 1.38. The van der Waals surface area contributed by atoms with Gasteiger partial charge < -0.3 is 9.64 Å². The molecule has 0 aromatic carbocycles. The second kappa shape index (κ2) is 5.34. The third-order valence-electron chi connectivity index (χ3n) is 1.96. The van der Waals surface area contributed by atoms with Crippen molar-refractivity contribution in [2.45, 2.75) is 20.4 Å². The molecule has 0 radical (unpaired) electrons. The third kappa shape index (κ3) is 3.23. The van der Waals surface area contributed by atoms with Crippen molar-refractivity contribution < 1.29 is 9.53 Å². The molecule has 4 nitrogen and oxygen atoms in total. The van der Waals surface area contributed by atoms with Gasteiger partial charge in [0.1, 0.15) is 0 Å². The summed E-state index contributed by atoms with van der Waals surface area (Å²) in [6.45, 7) is 4.92. The van der Waals surface area contributed by atoms with E-state index in [0.717, 1.165) is 17.7 Å². The Morgan fingerprint density at radius 2 is 2.27 bits per heavy atom. The molecule has 0 atom stereocenters. The normalized spacial score (nSPS) is 9.80. The highest BCUT2D eigenvalue weighted by Gasteiger charge is 2.07. The van der Waals surface area contributed by atoms with Crippen molar-refractivity contribution in [3.05, 3.63) is 23.4 Å². The van der Waals surface area contributed by atoms with E-state index in [1.165, 1.54) is 0 Å². The van der Waals surface area contributed by atoms with Crippen LogP contribution in [0.2, 0.25) is 0 Å². The molecule has 1 rings (SSSR count). The molecule has 1 aromatic heterocycles. The second-order valence-electron chi connectivity index (χ2n) is 3.37. The molecule has 0 N–H and O–H groups in total. The lowest BCUT2D eigenvalue weighted by molar-refractivity contribution is -0.117. The average molecular weight is 208 g/mol. The zero-order valence-electron chi connectivity index (χ0n) is 9.36. The van der Waals surface area contributed by atoms with E-state index in [9.17, 15) is 4.79 Å². The van der Waals surface area contributed by atoms with Gasteiger partial charge in [-0.05, 0) is 19.9 Å². The van der Waals surface area contributed by atoms with Gasteiger partial charge in [0.25, 0.3) is 0 Å². The average Bonchev–Trinajstić information content (AvgIpc) is 2.22. The first-order valence-corrected chi connectivity index (χ1v) is 4.92. The quantitative estimate of drug-likeness (QED) is 0.686. The molecule has 0 unspecified atom stereocenters. The van der Waals surface area contributed by atoms with E-state index in [1.807, 2.05) is 26.0 Å².